The van der Waals surface area contributed by atoms with E-state index in [1.807, 2.05) is 0 Å². The van der Waals surface area contributed by atoms with Crippen LogP contribution in [0.5, 0.6) is 0 Å². The first-order valence-corrected chi connectivity index (χ1v) is 2.64. The molecule has 44 valence electrons. The number of hydrogen-bond acceptors (Lipinski definition) is 3. The van der Waals surface area contributed by atoms with Crippen molar-refractivity contribution in [1.29, 1.82) is 0 Å². The minimum Gasteiger partial charge on any atom is -0.566 e. The molecule has 1 unspecified atom stereocenters. The number of rotatable bonds is 2. The molecule has 0 N–H and O–H groups in total. The Morgan fingerprint density at radius 3 is 2.29 bits per heavy atom. The highest BCUT2D eigenvalue weighted by atomic mass is 31.1. The van der Waals surface area contributed by atoms with Crippen molar-refractivity contribution >= 4 is 8.25 Å². The van der Waals surface area contributed by atoms with E-state index in [1.165, 1.54) is 0 Å². The fourth-order valence-electron chi connectivity index (χ4n) is 0.105. The fourth-order valence-corrected chi connectivity index (χ4v) is 0.316. The van der Waals surface area contributed by atoms with Gasteiger partial charge < -0.3 is 4.89 Å². The molecule has 0 aliphatic carbocycles. The van der Waals surface area contributed by atoms with Gasteiger partial charge in [0.2, 0.25) is 0 Å². The maximum Gasteiger partial charge on any atom is 0.488 e. The van der Waals surface area contributed by atoms with Crippen LogP contribution in [0.3, 0.4) is 0 Å². The molecule has 0 amide bonds. The molecule has 0 rings (SSSR count). The van der Waals surface area contributed by atoms with Crippen molar-refractivity contribution in [2.24, 2.45) is 0 Å². The van der Waals surface area contributed by atoms with Crippen molar-refractivity contribution in [3.8, 4) is 0 Å². The molecule has 3 nitrogen and oxygen atoms in total. The van der Waals surface area contributed by atoms with Crippen molar-refractivity contribution < 1.29 is 14.0 Å². The molecule has 0 heterocycles. The zero-order chi connectivity index (χ0) is 4.99. The van der Waals surface area contributed by atoms with Gasteiger partial charge in [-0.25, -0.2) is 0 Å². The molecule has 0 saturated carbocycles. The molecule has 0 aromatic carbocycles. The van der Waals surface area contributed by atoms with Crippen molar-refractivity contribution in [2.75, 3.05) is 6.61 Å². The molecule has 4 heteroatoms. The van der Waals surface area contributed by atoms with Crippen LogP contribution in [0, 0.1) is 0 Å². The van der Waals surface area contributed by atoms with Gasteiger partial charge in [0.1, 0.15) is 0 Å². The molecule has 0 aliphatic heterocycles. The summed E-state index contributed by atoms with van der Waals surface area (Å²) in [5.74, 6) is 0. The third-order valence-electron chi connectivity index (χ3n) is 0.235. The third-order valence-corrected chi connectivity index (χ3v) is 0.704. The maximum atomic E-state index is 9.41. The number of hydrogen-bond donors (Lipinski definition) is 0. The molecule has 7 heavy (non-hydrogen) atoms. The van der Waals surface area contributed by atoms with Gasteiger partial charge in [0, 0.05) is 0 Å². The second kappa shape index (κ2) is 6.02. The summed E-state index contributed by atoms with van der Waals surface area (Å²) < 4.78 is 13.4. The van der Waals surface area contributed by atoms with Crippen LogP contribution >= 0.6 is 8.25 Å². The van der Waals surface area contributed by atoms with Crippen LogP contribution in [0.25, 0.3) is 0 Å². The average molecular weight is 124 g/mol. The Labute approximate surface area is 44.3 Å². The van der Waals surface area contributed by atoms with Gasteiger partial charge in [-0.2, -0.15) is 0 Å². The first-order valence-electron chi connectivity index (χ1n) is 1.54. The summed E-state index contributed by atoms with van der Waals surface area (Å²) in [6, 6.07) is 0. The Bertz CT molecular complexity index is 54.1. The van der Waals surface area contributed by atoms with E-state index in [-0.39, 0.29) is 14.0 Å². The van der Waals surface area contributed by atoms with E-state index in [4.69, 9.17) is 0 Å². The summed E-state index contributed by atoms with van der Waals surface area (Å²) in [5.41, 5.74) is 0. The zero-order valence-corrected chi connectivity index (χ0v) is 4.27. The lowest BCUT2D eigenvalue weighted by Crippen LogP contribution is -1.88. The summed E-state index contributed by atoms with van der Waals surface area (Å²) in [7, 11) is -2.60. The standard InChI is InChI=1S/C2H5O3P.CH4/c1-2-5-6(3)4;/h2H2,1H3;1H4. The SMILES string of the molecule is C.CCO[P+](=O)[O-]. The van der Waals surface area contributed by atoms with Crippen LogP contribution in [-0.2, 0) is 9.09 Å². The highest BCUT2D eigenvalue weighted by Gasteiger charge is 1.92. The van der Waals surface area contributed by atoms with E-state index in [1.54, 1.807) is 6.92 Å². The largest absolute Gasteiger partial charge is 0.566 e. The summed E-state index contributed by atoms with van der Waals surface area (Å²) in [6.45, 7) is 1.85. The van der Waals surface area contributed by atoms with Crippen molar-refractivity contribution in [2.45, 2.75) is 14.4 Å². The van der Waals surface area contributed by atoms with Gasteiger partial charge in [0.25, 0.3) is 0 Å². The van der Waals surface area contributed by atoms with Gasteiger partial charge in [-0.3, -0.25) is 0 Å². The normalized spacial score (nSPS) is 9.71. The Balaban J connectivity index is 0. The van der Waals surface area contributed by atoms with Gasteiger partial charge >= 0.3 is 8.25 Å². The Kier molecular flexibility index (Phi) is 8.68. The second-order valence-electron chi connectivity index (χ2n) is 0.641. The topological polar surface area (TPSA) is 49.4 Å². The molecule has 0 spiro atoms. The summed E-state index contributed by atoms with van der Waals surface area (Å²) in [6.07, 6.45) is 0. The zero-order valence-electron chi connectivity index (χ0n) is 3.38. The molecule has 0 aromatic rings. The van der Waals surface area contributed by atoms with Crippen LogP contribution in [0.2, 0.25) is 0 Å². The second-order valence-corrected chi connectivity index (χ2v) is 1.35. The van der Waals surface area contributed by atoms with Crippen LogP contribution < -0.4 is 4.89 Å². The molecule has 0 aromatic heterocycles. The summed E-state index contributed by atoms with van der Waals surface area (Å²) in [5, 5.41) is 0. The van der Waals surface area contributed by atoms with Gasteiger partial charge in [-0.15, -0.1) is 4.52 Å². The first-order chi connectivity index (χ1) is 2.77. The summed E-state index contributed by atoms with van der Waals surface area (Å²) >= 11 is 0. The molecule has 0 radical (unpaired) electrons. The quantitative estimate of drug-likeness (QED) is 0.508. The van der Waals surface area contributed by atoms with Crippen molar-refractivity contribution in [3.63, 3.8) is 0 Å². The molecule has 0 aliphatic rings. The maximum absolute atomic E-state index is 9.41. The van der Waals surface area contributed by atoms with E-state index < -0.39 is 8.25 Å². The van der Waals surface area contributed by atoms with Crippen LogP contribution in [0.1, 0.15) is 14.4 Å². The van der Waals surface area contributed by atoms with E-state index in [2.05, 4.69) is 4.52 Å². The average Bonchev–Trinajstić information content (AvgIpc) is 1.35. The Hall–Kier alpha value is 0.0200. The van der Waals surface area contributed by atoms with Crippen LogP contribution in [0.15, 0.2) is 0 Å². The lowest BCUT2D eigenvalue weighted by Gasteiger charge is -1.78. The van der Waals surface area contributed by atoms with Crippen LogP contribution in [0.4, 0.5) is 0 Å². The van der Waals surface area contributed by atoms with E-state index in [9.17, 15) is 9.46 Å². The fraction of sp³-hybridized carbons (Fsp3) is 1.00. The third kappa shape index (κ3) is 10.7. The minimum atomic E-state index is -2.60. The van der Waals surface area contributed by atoms with Crippen LogP contribution in [-0.4, -0.2) is 6.61 Å². The predicted molar refractivity (Wildman–Crippen MR) is 26.0 cm³/mol. The monoisotopic (exact) mass is 124 g/mol. The Morgan fingerprint density at radius 2 is 2.29 bits per heavy atom. The molecule has 0 saturated heterocycles. The summed E-state index contributed by atoms with van der Waals surface area (Å²) in [4.78, 5) is 9.41. The Morgan fingerprint density at radius 1 is 1.86 bits per heavy atom. The highest BCUT2D eigenvalue weighted by molar-refractivity contribution is 7.30. The van der Waals surface area contributed by atoms with Gasteiger partial charge in [0.05, 0.1) is 6.61 Å². The molecular weight excluding hydrogens is 115 g/mol. The van der Waals surface area contributed by atoms with Gasteiger partial charge in [-0.1, -0.05) is 7.43 Å². The highest BCUT2D eigenvalue weighted by Crippen LogP contribution is 2.05. The minimum absolute atomic E-state index is 0. The van der Waals surface area contributed by atoms with E-state index in [0.717, 1.165) is 0 Å². The molecule has 0 bridgehead atoms. The smallest absolute Gasteiger partial charge is 0.488 e. The molecule has 1 atom stereocenters. The van der Waals surface area contributed by atoms with E-state index >= 15 is 0 Å². The lowest BCUT2D eigenvalue weighted by molar-refractivity contribution is -0.185. The van der Waals surface area contributed by atoms with Gasteiger partial charge in [0.15, 0.2) is 0 Å². The van der Waals surface area contributed by atoms with Crippen molar-refractivity contribution in [1.82, 2.24) is 0 Å². The molecule has 0 fully saturated rings. The van der Waals surface area contributed by atoms with Crippen molar-refractivity contribution in [3.05, 3.63) is 0 Å². The first kappa shape index (κ1) is 10.1. The van der Waals surface area contributed by atoms with Gasteiger partial charge in [-0.05, 0) is 11.5 Å². The predicted octanol–water partition coefficient (Wildman–Crippen LogP) is 0.677. The molecular formula is C3H9O3P. The van der Waals surface area contributed by atoms with E-state index in [0.29, 0.717) is 0 Å². The lowest BCUT2D eigenvalue weighted by atomic mass is 10.9.